The smallest absolute Gasteiger partial charge is 0.248 e. The molecule has 2 saturated heterocycles. The fraction of sp³-hybridized carbons (Fsp3) is 0.556. The van der Waals surface area contributed by atoms with Crippen molar-refractivity contribution in [1.29, 1.82) is 0 Å². The summed E-state index contributed by atoms with van der Waals surface area (Å²) in [6, 6.07) is 5.08. The summed E-state index contributed by atoms with van der Waals surface area (Å²) in [5, 5.41) is 0.406. The van der Waals surface area contributed by atoms with Crippen LogP contribution in [0.25, 0.3) is 0 Å². The van der Waals surface area contributed by atoms with Crippen LogP contribution in [0.5, 0.6) is 11.5 Å². The number of fused-ring (bicyclic) bond motifs is 1. The molecule has 0 bridgehead atoms. The second-order valence-electron chi connectivity index (χ2n) is 6.60. The van der Waals surface area contributed by atoms with Crippen LogP contribution < -0.4 is 14.4 Å². The number of hydrogen-bond donors (Lipinski definition) is 0. The number of methoxy groups -OCH3 is 2. The van der Waals surface area contributed by atoms with Crippen molar-refractivity contribution in [2.75, 3.05) is 30.6 Å². The summed E-state index contributed by atoms with van der Waals surface area (Å²) in [7, 11) is 0.00482. The number of carbonyl (C=O) groups is 1. The average Bonchev–Trinajstić information content (AvgIpc) is 3.10. The molecular weight excluding hydrogens is 388 g/mol. The maximum atomic E-state index is 12.2. The van der Waals surface area contributed by atoms with Crippen LogP contribution in [0.2, 0.25) is 0 Å². The Hall–Kier alpha value is -1.74. The van der Waals surface area contributed by atoms with E-state index in [4.69, 9.17) is 9.47 Å². The van der Waals surface area contributed by atoms with Gasteiger partial charge < -0.3 is 14.4 Å². The molecule has 27 heavy (non-hydrogen) atoms. The number of unbranched alkanes of at least 4 members (excludes halogenated alkanes) is 1. The van der Waals surface area contributed by atoms with Crippen molar-refractivity contribution in [3.63, 3.8) is 0 Å². The van der Waals surface area contributed by atoms with Crippen LogP contribution in [0, 0.1) is 0 Å². The largest absolute Gasteiger partial charge is 0.497 e. The molecule has 1 aromatic rings. The normalized spacial score (nSPS) is 24.9. The van der Waals surface area contributed by atoms with Crippen molar-refractivity contribution in [2.24, 2.45) is 4.99 Å². The first-order valence-electron chi connectivity index (χ1n) is 8.88. The van der Waals surface area contributed by atoms with Gasteiger partial charge in [0, 0.05) is 17.7 Å². The number of nitrogens with zero attached hydrogens (tertiary/aromatic N) is 2. The second-order valence-corrected chi connectivity index (χ2v) is 9.96. The molecule has 0 N–H and O–H groups in total. The maximum absolute atomic E-state index is 12.2. The van der Waals surface area contributed by atoms with Crippen molar-refractivity contribution < 1.29 is 22.7 Å². The molecule has 1 aromatic carbocycles. The molecule has 9 heteroatoms. The third-order valence-corrected chi connectivity index (χ3v) is 7.89. The highest BCUT2D eigenvalue weighted by molar-refractivity contribution is 8.16. The highest BCUT2D eigenvalue weighted by atomic mass is 32.2. The molecule has 0 unspecified atom stereocenters. The molecule has 3 rings (SSSR count). The third-order valence-electron chi connectivity index (χ3n) is 4.68. The fourth-order valence-corrected chi connectivity index (χ4v) is 7.24. The van der Waals surface area contributed by atoms with E-state index in [1.54, 1.807) is 26.4 Å². The number of carbonyl (C=O) groups excluding carboxylic acids is 1. The van der Waals surface area contributed by atoms with E-state index in [-0.39, 0.29) is 28.7 Å². The number of amides is 1. The number of benzene rings is 1. The van der Waals surface area contributed by atoms with Gasteiger partial charge in [-0.05, 0) is 18.6 Å². The number of anilines is 1. The minimum absolute atomic E-state index is 0.0437. The van der Waals surface area contributed by atoms with E-state index in [1.807, 2.05) is 17.9 Å². The molecule has 2 aliphatic rings. The number of sulfone groups is 1. The van der Waals surface area contributed by atoms with Crippen LogP contribution in [-0.2, 0) is 14.6 Å². The standard InChI is InChI=1S/C18H24N2O5S2/c1-4-5-6-17(21)19-18-20(14-10-27(22,23)11-16(14)26-18)13-8-7-12(24-2)9-15(13)25-3/h7-9,14,16H,4-6,10-11H2,1-3H3/t14-,16-/m0/s1. The zero-order valence-electron chi connectivity index (χ0n) is 15.7. The Morgan fingerprint density at radius 1 is 1.30 bits per heavy atom. The molecule has 1 amide bonds. The topological polar surface area (TPSA) is 85.3 Å². The highest BCUT2D eigenvalue weighted by Gasteiger charge is 2.50. The van der Waals surface area contributed by atoms with Gasteiger partial charge in [-0.2, -0.15) is 4.99 Å². The zero-order valence-corrected chi connectivity index (χ0v) is 17.3. The molecule has 148 valence electrons. The quantitative estimate of drug-likeness (QED) is 0.710. The summed E-state index contributed by atoms with van der Waals surface area (Å²) >= 11 is 1.37. The molecule has 2 aliphatic heterocycles. The number of thioether (sulfide) groups is 1. The summed E-state index contributed by atoms with van der Waals surface area (Å²) in [5.41, 5.74) is 0.692. The molecular formula is C18H24N2O5S2. The summed E-state index contributed by atoms with van der Waals surface area (Å²) < 4.78 is 35.0. The van der Waals surface area contributed by atoms with Gasteiger partial charge in [0.05, 0.1) is 37.5 Å². The van der Waals surface area contributed by atoms with Crippen molar-refractivity contribution in [2.45, 2.75) is 37.5 Å². The lowest BCUT2D eigenvalue weighted by atomic mass is 10.2. The monoisotopic (exact) mass is 412 g/mol. The van der Waals surface area contributed by atoms with Crippen molar-refractivity contribution >= 4 is 38.4 Å². The molecule has 0 saturated carbocycles. The zero-order chi connectivity index (χ0) is 19.6. The number of amidine groups is 1. The van der Waals surface area contributed by atoms with Crippen LogP contribution in [-0.4, -0.2) is 56.5 Å². The lowest BCUT2D eigenvalue weighted by Crippen LogP contribution is -2.38. The molecule has 2 fully saturated rings. The number of ether oxygens (including phenoxy) is 2. The van der Waals surface area contributed by atoms with Gasteiger partial charge in [0.15, 0.2) is 15.0 Å². The molecule has 7 nitrogen and oxygen atoms in total. The summed E-state index contributed by atoms with van der Waals surface area (Å²) in [6.07, 6.45) is 2.10. The third kappa shape index (κ3) is 4.24. The van der Waals surface area contributed by atoms with Gasteiger partial charge in [-0.25, -0.2) is 8.42 Å². The van der Waals surface area contributed by atoms with Gasteiger partial charge in [-0.3, -0.25) is 4.79 Å². The fourth-order valence-electron chi connectivity index (χ4n) is 3.32. The predicted molar refractivity (Wildman–Crippen MR) is 108 cm³/mol. The summed E-state index contributed by atoms with van der Waals surface area (Å²) in [5.74, 6) is 1.14. The van der Waals surface area contributed by atoms with Gasteiger partial charge >= 0.3 is 0 Å². The first-order chi connectivity index (χ1) is 12.9. The lowest BCUT2D eigenvalue weighted by molar-refractivity contribution is -0.117. The summed E-state index contributed by atoms with van der Waals surface area (Å²) in [4.78, 5) is 18.4. The van der Waals surface area contributed by atoms with E-state index in [9.17, 15) is 13.2 Å². The Morgan fingerprint density at radius 2 is 2.07 bits per heavy atom. The first kappa shape index (κ1) is 20.0. The molecule has 0 spiro atoms. The molecule has 2 atom stereocenters. The Balaban J connectivity index is 2.01. The van der Waals surface area contributed by atoms with E-state index in [0.717, 1.165) is 12.8 Å². The van der Waals surface area contributed by atoms with Crippen LogP contribution in [0.15, 0.2) is 23.2 Å². The Labute approximate surface area is 164 Å². The van der Waals surface area contributed by atoms with Crippen LogP contribution >= 0.6 is 11.8 Å². The van der Waals surface area contributed by atoms with E-state index >= 15 is 0 Å². The minimum atomic E-state index is -3.11. The predicted octanol–water partition coefficient (Wildman–Crippen LogP) is 2.50. The molecule has 0 aliphatic carbocycles. The first-order valence-corrected chi connectivity index (χ1v) is 11.6. The Morgan fingerprint density at radius 3 is 2.74 bits per heavy atom. The van der Waals surface area contributed by atoms with Gasteiger partial charge in [-0.1, -0.05) is 25.1 Å². The average molecular weight is 413 g/mol. The Kier molecular flexibility index (Phi) is 6.00. The second kappa shape index (κ2) is 8.10. The number of hydrogen-bond acceptors (Lipinski definition) is 6. The minimum Gasteiger partial charge on any atom is -0.497 e. The summed E-state index contributed by atoms with van der Waals surface area (Å²) in [6.45, 7) is 2.02. The van der Waals surface area contributed by atoms with E-state index in [0.29, 0.717) is 28.8 Å². The van der Waals surface area contributed by atoms with Gasteiger partial charge in [-0.15, -0.1) is 0 Å². The van der Waals surface area contributed by atoms with E-state index in [2.05, 4.69) is 4.99 Å². The van der Waals surface area contributed by atoms with Crippen molar-refractivity contribution in [1.82, 2.24) is 0 Å². The SMILES string of the molecule is CCCCC(=O)N=C1S[C@H]2CS(=O)(=O)C[C@@H]2N1c1ccc(OC)cc1OC. The molecule has 0 aromatic heterocycles. The van der Waals surface area contributed by atoms with Crippen LogP contribution in [0.1, 0.15) is 26.2 Å². The van der Waals surface area contributed by atoms with Crippen molar-refractivity contribution in [3.8, 4) is 11.5 Å². The Bertz CT molecular complexity index is 853. The molecule has 0 radical (unpaired) electrons. The lowest BCUT2D eigenvalue weighted by Gasteiger charge is -2.26. The van der Waals surface area contributed by atoms with Crippen molar-refractivity contribution in [3.05, 3.63) is 18.2 Å². The van der Waals surface area contributed by atoms with E-state index < -0.39 is 9.84 Å². The van der Waals surface area contributed by atoms with Gasteiger partial charge in [0.25, 0.3) is 0 Å². The van der Waals surface area contributed by atoms with Crippen LogP contribution in [0.3, 0.4) is 0 Å². The highest BCUT2D eigenvalue weighted by Crippen LogP contribution is 2.44. The van der Waals surface area contributed by atoms with E-state index in [1.165, 1.54) is 11.8 Å². The number of aliphatic imine (C=N–C) groups is 1. The van der Waals surface area contributed by atoms with Crippen LogP contribution in [0.4, 0.5) is 5.69 Å². The maximum Gasteiger partial charge on any atom is 0.248 e. The number of rotatable bonds is 6. The van der Waals surface area contributed by atoms with Gasteiger partial charge in [0.2, 0.25) is 5.91 Å². The molecule has 2 heterocycles. The van der Waals surface area contributed by atoms with Gasteiger partial charge in [0.1, 0.15) is 11.5 Å².